The zero-order valence-electron chi connectivity index (χ0n) is 17.6. The van der Waals surface area contributed by atoms with Gasteiger partial charge in [0.25, 0.3) is 0 Å². The second kappa shape index (κ2) is 6.67. The van der Waals surface area contributed by atoms with E-state index >= 15 is 0 Å². The molecule has 7 rings (SSSR count). The number of aromatic nitrogens is 4. The van der Waals surface area contributed by atoms with Crippen LogP contribution >= 0.6 is 11.3 Å². The molecule has 0 radical (unpaired) electrons. The van der Waals surface area contributed by atoms with Gasteiger partial charge in [-0.15, -0.1) is 11.3 Å². The average molecular weight is 425 g/mol. The third-order valence-electron chi connectivity index (χ3n) is 7.71. The molecule has 0 aliphatic heterocycles. The molecule has 4 saturated carbocycles. The standard InChI is InChI=1S/C23H28N4O2S/c1-3-29-22(28)20-21(30-19-4-5-24-27(19)20)18-12-25-26(14(18)2)13-23-9-15-6-16(10-23)8-17(7-15)11-23/h4-5,12,15-17H,3,6-11,13H2,1-2H3. The number of nitrogens with zero attached hydrogens (tertiary/aromatic N) is 4. The molecule has 4 bridgehead atoms. The van der Waals surface area contributed by atoms with E-state index in [0.29, 0.717) is 17.7 Å². The Kier molecular flexibility index (Phi) is 4.14. The molecule has 0 amide bonds. The maximum absolute atomic E-state index is 12.7. The molecule has 3 aromatic heterocycles. The third-order valence-corrected chi connectivity index (χ3v) is 8.84. The molecule has 4 aliphatic carbocycles. The third kappa shape index (κ3) is 2.77. The molecule has 3 heterocycles. The Labute approximate surface area is 180 Å². The van der Waals surface area contributed by atoms with Gasteiger partial charge in [-0.2, -0.15) is 10.2 Å². The molecule has 0 unspecified atom stereocenters. The maximum atomic E-state index is 12.7. The van der Waals surface area contributed by atoms with Crippen LogP contribution in [0.15, 0.2) is 18.5 Å². The first-order valence-corrected chi connectivity index (χ1v) is 12.0. The lowest BCUT2D eigenvalue weighted by molar-refractivity contribution is -0.0638. The molecule has 4 fully saturated rings. The summed E-state index contributed by atoms with van der Waals surface area (Å²) in [6.07, 6.45) is 12.1. The Morgan fingerprint density at radius 1 is 1.20 bits per heavy atom. The minimum absolute atomic E-state index is 0.323. The SMILES string of the molecule is CCOC(=O)c1c(-c2cnn(CC34CC5CC(CC(C5)C3)C4)c2C)sc2ccnn12. The first kappa shape index (κ1) is 18.6. The normalized spacial score (nSPS) is 29.7. The van der Waals surface area contributed by atoms with Gasteiger partial charge in [-0.25, -0.2) is 9.31 Å². The van der Waals surface area contributed by atoms with Gasteiger partial charge in [0.15, 0.2) is 5.69 Å². The highest BCUT2D eigenvalue weighted by atomic mass is 32.1. The van der Waals surface area contributed by atoms with Gasteiger partial charge in [0.05, 0.1) is 23.9 Å². The summed E-state index contributed by atoms with van der Waals surface area (Å²) in [5.41, 5.74) is 3.11. The molecule has 0 atom stereocenters. The lowest BCUT2D eigenvalue weighted by Gasteiger charge is -2.56. The van der Waals surface area contributed by atoms with Gasteiger partial charge in [-0.3, -0.25) is 4.68 Å². The van der Waals surface area contributed by atoms with Crippen molar-refractivity contribution in [1.82, 2.24) is 19.4 Å². The van der Waals surface area contributed by atoms with Crippen molar-refractivity contribution in [1.29, 1.82) is 0 Å². The van der Waals surface area contributed by atoms with Crippen LogP contribution in [0.2, 0.25) is 0 Å². The largest absolute Gasteiger partial charge is 0.461 e. The summed E-state index contributed by atoms with van der Waals surface area (Å²) in [6.45, 7) is 5.33. The van der Waals surface area contributed by atoms with Crippen molar-refractivity contribution in [3.8, 4) is 10.4 Å². The number of carbonyl (C=O) groups excluding carboxylic acids is 1. The summed E-state index contributed by atoms with van der Waals surface area (Å²) in [7, 11) is 0. The predicted octanol–water partition coefficient (Wildman–Crippen LogP) is 4.96. The van der Waals surface area contributed by atoms with Gasteiger partial charge in [0.2, 0.25) is 0 Å². The fraction of sp³-hybridized carbons (Fsp3) is 0.609. The smallest absolute Gasteiger partial charge is 0.358 e. The lowest BCUT2D eigenvalue weighted by Crippen LogP contribution is -2.48. The Hall–Kier alpha value is -2.15. The van der Waals surface area contributed by atoms with Crippen LogP contribution in [0.3, 0.4) is 0 Å². The summed E-state index contributed by atoms with van der Waals surface area (Å²) >= 11 is 1.58. The Morgan fingerprint density at radius 2 is 1.90 bits per heavy atom. The average Bonchev–Trinajstić information content (AvgIpc) is 3.35. The second-order valence-corrected chi connectivity index (χ2v) is 10.8. The van der Waals surface area contributed by atoms with E-state index < -0.39 is 0 Å². The van der Waals surface area contributed by atoms with Crippen LogP contribution in [-0.4, -0.2) is 32.0 Å². The number of carbonyl (C=O) groups is 1. The van der Waals surface area contributed by atoms with E-state index in [1.54, 1.807) is 22.0 Å². The van der Waals surface area contributed by atoms with Crippen LogP contribution in [0.25, 0.3) is 15.3 Å². The van der Waals surface area contributed by atoms with Gasteiger partial charge in [-0.05, 0) is 81.6 Å². The van der Waals surface area contributed by atoms with Crippen LogP contribution < -0.4 is 0 Å². The minimum Gasteiger partial charge on any atom is -0.461 e. The highest BCUT2D eigenvalue weighted by Crippen LogP contribution is 2.60. The van der Waals surface area contributed by atoms with Gasteiger partial charge in [-0.1, -0.05) is 0 Å². The van der Waals surface area contributed by atoms with Gasteiger partial charge >= 0.3 is 5.97 Å². The van der Waals surface area contributed by atoms with Crippen LogP contribution in [0.5, 0.6) is 0 Å². The number of esters is 1. The molecule has 0 N–H and O–H groups in total. The first-order chi connectivity index (χ1) is 14.5. The fourth-order valence-electron chi connectivity index (χ4n) is 6.98. The van der Waals surface area contributed by atoms with E-state index in [4.69, 9.17) is 9.84 Å². The molecule has 4 aliphatic rings. The first-order valence-electron chi connectivity index (χ1n) is 11.2. The van der Waals surface area contributed by atoms with Crippen molar-refractivity contribution in [2.24, 2.45) is 23.2 Å². The van der Waals surface area contributed by atoms with Gasteiger partial charge in [0, 0.05) is 17.8 Å². The summed E-state index contributed by atoms with van der Waals surface area (Å²) in [5.74, 6) is 2.49. The molecule has 7 heteroatoms. The highest BCUT2D eigenvalue weighted by molar-refractivity contribution is 7.21. The van der Waals surface area contributed by atoms with E-state index in [0.717, 1.165) is 45.3 Å². The molecule has 6 nitrogen and oxygen atoms in total. The summed E-state index contributed by atoms with van der Waals surface area (Å²) in [6, 6.07) is 1.94. The molecular formula is C23H28N4O2S. The summed E-state index contributed by atoms with van der Waals surface area (Å²) < 4.78 is 9.25. The van der Waals surface area contributed by atoms with Gasteiger partial charge < -0.3 is 4.74 Å². The molecule has 30 heavy (non-hydrogen) atoms. The fourth-order valence-corrected chi connectivity index (χ4v) is 8.12. The Morgan fingerprint density at radius 3 is 2.57 bits per heavy atom. The minimum atomic E-state index is -0.323. The van der Waals surface area contributed by atoms with E-state index in [-0.39, 0.29) is 5.97 Å². The number of fused-ring (bicyclic) bond motifs is 1. The van der Waals surface area contributed by atoms with Crippen molar-refractivity contribution in [2.75, 3.05) is 6.61 Å². The van der Waals surface area contributed by atoms with Crippen molar-refractivity contribution in [3.63, 3.8) is 0 Å². The molecule has 3 aromatic rings. The van der Waals surface area contributed by atoms with E-state index in [1.807, 2.05) is 19.2 Å². The van der Waals surface area contributed by atoms with E-state index in [1.165, 1.54) is 38.5 Å². The molecule has 0 aromatic carbocycles. The topological polar surface area (TPSA) is 61.4 Å². The van der Waals surface area contributed by atoms with Crippen LogP contribution in [0.4, 0.5) is 0 Å². The molecule has 158 valence electrons. The van der Waals surface area contributed by atoms with Crippen molar-refractivity contribution in [2.45, 2.75) is 58.9 Å². The highest BCUT2D eigenvalue weighted by Gasteiger charge is 2.51. The quantitative estimate of drug-likeness (QED) is 0.543. The van der Waals surface area contributed by atoms with Gasteiger partial charge in [0.1, 0.15) is 4.83 Å². The number of hydrogen-bond donors (Lipinski definition) is 0. The Balaban J connectivity index is 1.36. The van der Waals surface area contributed by atoms with Crippen molar-refractivity contribution in [3.05, 3.63) is 29.8 Å². The summed E-state index contributed by atoms with van der Waals surface area (Å²) in [5, 5.41) is 9.16. The summed E-state index contributed by atoms with van der Waals surface area (Å²) in [4.78, 5) is 14.6. The van der Waals surface area contributed by atoms with Crippen LogP contribution in [0.1, 0.15) is 61.6 Å². The number of ether oxygens (including phenoxy) is 1. The predicted molar refractivity (Wildman–Crippen MR) is 116 cm³/mol. The maximum Gasteiger partial charge on any atom is 0.358 e. The molecule has 0 spiro atoms. The Bertz CT molecular complexity index is 1090. The molecular weight excluding hydrogens is 396 g/mol. The van der Waals surface area contributed by atoms with Crippen LogP contribution in [-0.2, 0) is 11.3 Å². The number of hydrogen-bond acceptors (Lipinski definition) is 5. The number of thiazole rings is 1. The van der Waals surface area contributed by atoms with Crippen molar-refractivity contribution < 1.29 is 9.53 Å². The van der Waals surface area contributed by atoms with Crippen LogP contribution in [0, 0.1) is 30.1 Å². The number of rotatable bonds is 5. The zero-order chi connectivity index (χ0) is 20.5. The second-order valence-electron chi connectivity index (χ2n) is 9.80. The lowest BCUT2D eigenvalue weighted by atomic mass is 9.49. The van der Waals surface area contributed by atoms with E-state index in [9.17, 15) is 4.79 Å². The zero-order valence-corrected chi connectivity index (χ0v) is 18.5. The molecule has 0 saturated heterocycles. The monoisotopic (exact) mass is 424 g/mol. The van der Waals surface area contributed by atoms with E-state index in [2.05, 4.69) is 16.7 Å². The van der Waals surface area contributed by atoms with Crippen molar-refractivity contribution >= 4 is 22.1 Å².